The summed E-state index contributed by atoms with van der Waals surface area (Å²) >= 11 is 0.976. The van der Waals surface area contributed by atoms with Crippen LogP contribution in [0.25, 0.3) is 0 Å². The second-order valence-electron chi connectivity index (χ2n) is 8.66. The fourth-order valence-electron chi connectivity index (χ4n) is 4.39. The van der Waals surface area contributed by atoms with Crippen LogP contribution in [0, 0.1) is 5.92 Å². The van der Waals surface area contributed by atoms with E-state index in [0.717, 1.165) is 33.3 Å². The lowest BCUT2D eigenvalue weighted by molar-refractivity contribution is -0.119. The number of aromatic nitrogens is 1. The van der Waals surface area contributed by atoms with Gasteiger partial charge in [-0.3, -0.25) is 19.4 Å². The van der Waals surface area contributed by atoms with Crippen LogP contribution in [0.4, 0.5) is 35.0 Å². The molecule has 2 unspecified atom stereocenters. The van der Waals surface area contributed by atoms with E-state index < -0.39 is 47.7 Å². The molecule has 5 rings (SSSR count). The van der Waals surface area contributed by atoms with Crippen molar-refractivity contribution in [2.75, 3.05) is 14.5 Å². The number of halogens is 3. The van der Waals surface area contributed by atoms with Gasteiger partial charge in [0.1, 0.15) is 9.75 Å². The molecule has 2 aromatic heterocycles. The molecule has 3 aromatic rings. The normalized spacial score (nSPS) is 21.8. The summed E-state index contributed by atoms with van der Waals surface area (Å²) in [6, 6.07) is 6.63. The second kappa shape index (κ2) is 8.51. The number of thiophene rings is 1. The number of urea groups is 1. The third-order valence-corrected chi connectivity index (χ3v) is 10.6. The van der Waals surface area contributed by atoms with Gasteiger partial charge >= 0.3 is 11.5 Å². The zero-order valence-electron chi connectivity index (χ0n) is 19.2. The van der Waals surface area contributed by atoms with Crippen molar-refractivity contribution in [3.63, 3.8) is 0 Å². The van der Waals surface area contributed by atoms with E-state index in [1.165, 1.54) is 24.5 Å². The summed E-state index contributed by atoms with van der Waals surface area (Å²) in [5.74, 6) is -1.01. The monoisotopic (exact) mass is 586 g/mol. The maximum atomic E-state index is 13.6. The lowest BCUT2D eigenvalue weighted by Gasteiger charge is -2.24. The van der Waals surface area contributed by atoms with Crippen molar-refractivity contribution in [3.05, 3.63) is 60.2 Å². The minimum absolute atomic E-state index is 0.0150. The maximum absolute atomic E-state index is 13.6. The Morgan fingerprint density at radius 1 is 1.08 bits per heavy atom. The minimum Gasteiger partial charge on any atom is -0.276 e. The lowest BCUT2D eigenvalue weighted by Crippen LogP contribution is -2.39. The van der Waals surface area contributed by atoms with Gasteiger partial charge in [0.05, 0.1) is 28.2 Å². The minimum atomic E-state index is -5.63. The summed E-state index contributed by atoms with van der Waals surface area (Å²) < 4.78 is 90.3. The van der Waals surface area contributed by atoms with Gasteiger partial charge in [0.15, 0.2) is 0 Å². The van der Waals surface area contributed by atoms with Crippen LogP contribution < -0.4 is 14.5 Å². The zero-order chi connectivity index (χ0) is 27.7. The molecule has 1 saturated heterocycles. The number of anilines is 3. The number of carbonyl (C=O) groups excluding carboxylic acids is 2. The molecule has 200 valence electrons. The molecule has 1 N–H and O–H groups in total. The third kappa shape index (κ3) is 3.85. The molecule has 1 aromatic carbocycles. The fourth-order valence-corrected chi connectivity index (χ4v) is 7.20. The molecule has 3 amide bonds. The molecule has 0 bridgehead atoms. The fraction of sp³-hybridized carbons (Fsp3) is 0.227. The molecule has 38 heavy (non-hydrogen) atoms. The van der Waals surface area contributed by atoms with Gasteiger partial charge < -0.3 is 0 Å². The Balaban J connectivity index is 1.54. The van der Waals surface area contributed by atoms with Gasteiger partial charge in [0.2, 0.25) is 0 Å². The number of alkyl halides is 3. The van der Waals surface area contributed by atoms with Crippen LogP contribution in [0.5, 0.6) is 0 Å². The highest BCUT2D eigenvalue weighted by molar-refractivity contribution is 7.94. The topological polar surface area (TPSA) is 134 Å². The molecule has 2 atom stereocenters. The average Bonchev–Trinajstić information content (AvgIpc) is 3.18. The van der Waals surface area contributed by atoms with E-state index in [2.05, 4.69) is 9.71 Å². The number of rotatable bonds is 6. The average molecular weight is 587 g/mol. The number of amides is 3. The number of hydrogen-bond acceptors (Lipinski definition) is 8. The van der Waals surface area contributed by atoms with Gasteiger partial charge in [0, 0.05) is 6.20 Å². The molecule has 16 heteroatoms. The molecule has 0 radical (unpaired) electrons. The first-order chi connectivity index (χ1) is 17.7. The number of nitrogens with zero attached hydrogens (tertiary/aromatic N) is 3. The first kappa shape index (κ1) is 26.1. The van der Waals surface area contributed by atoms with Crippen molar-refractivity contribution in [3.8, 4) is 0 Å². The highest BCUT2D eigenvalue weighted by Crippen LogP contribution is 2.56. The predicted octanol–water partition coefficient (Wildman–Crippen LogP) is 3.99. The molecule has 1 aliphatic carbocycles. The van der Waals surface area contributed by atoms with Crippen LogP contribution in [0.2, 0.25) is 0 Å². The van der Waals surface area contributed by atoms with Crippen molar-refractivity contribution in [2.45, 2.75) is 33.5 Å². The van der Waals surface area contributed by atoms with Crippen LogP contribution in [0.15, 0.2) is 69.3 Å². The predicted molar refractivity (Wildman–Crippen MR) is 131 cm³/mol. The largest absolute Gasteiger partial charge is 0.501 e. The lowest BCUT2D eigenvalue weighted by atomic mass is 10.1. The van der Waals surface area contributed by atoms with Gasteiger partial charge in [-0.1, -0.05) is 13.0 Å². The molecule has 2 aliphatic rings. The Morgan fingerprint density at radius 2 is 1.74 bits per heavy atom. The van der Waals surface area contributed by atoms with Gasteiger partial charge in [-0.25, -0.2) is 26.5 Å². The van der Waals surface area contributed by atoms with Crippen molar-refractivity contribution in [1.29, 1.82) is 0 Å². The first-order valence-electron chi connectivity index (χ1n) is 10.8. The molecule has 1 spiro atoms. The van der Waals surface area contributed by atoms with E-state index in [9.17, 15) is 39.6 Å². The zero-order valence-corrected chi connectivity index (χ0v) is 21.7. The van der Waals surface area contributed by atoms with Crippen molar-refractivity contribution in [2.24, 2.45) is 5.92 Å². The van der Waals surface area contributed by atoms with Crippen molar-refractivity contribution in [1.82, 2.24) is 4.98 Å². The van der Waals surface area contributed by atoms with E-state index in [4.69, 9.17) is 0 Å². The Morgan fingerprint density at radius 3 is 2.29 bits per heavy atom. The number of nitrogens with one attached hydrogen (secondary N) is 1. The molecular formula is C22H17F3N4O6S3. The number of imide groups is 1. The number of pyridine rings is 1. The van der Waals surface area contributed by atoms with Crippen LogP contribution in [0.1, 0.15) is 13.3 Å². The quantitative estimate of drug-likeness (QED) is 0.432. The van der Waals surface area contributed by atoms with Gasteiger partial charge in [-0.15, -0.1) is 11.3 Å². The van der Waals surface area contributed by atoms with Crippen LogP contribution in [0.3, 0.4) is 0 Å². The SMILES string of the molecule is CC1CC12C(=O)N(c1ccc(S(=O)(=O)C(F)(F)F)cc1)C(=O)N2c1ccncc1NS(=O)(=O)c1cccs1. The number of benzene rings is 1. The van der Waals surface area contributed by atoms with E-state index in [1.807, 2.05) is 0 Å². The molecular weight excluding hydrogens is 569 g/mol. The Hall–Kier alpha value is -3.50. The van der Waals surface area contributed by atoms with Crippen molar-refractivity contribution < 1.29 is 39.6 Å². The van der Waals surface area contributed by atoms with Crippen LogP contribution >= 0.6 is 11.3 Å². The van der Waals surface area contributed by atoms with Gasteiger partial charge in [0.25, 0.3) is 25.8 Å². The van der Waals surface area contributed by atoms with Gasteiger partial charge in [-0.05, 0) is 54.1 Å². The third-order valence-electron chi connectivity index (χ3n) is 6.38. The summed E-state index contributed by atoms with van der Waals surface area (Å²) in [7, 11) is -9.67. The summed E-state index contributed by atoms with van der Waals surface area (Å²) in [5, 5.41) is 1.57. The highest BCUT2D eigenvalue weighted by atomic mass is 32.2. The Labute approximate surface area is 218 Å². The smallest absolute Gasteiger partial charge is 0.276 e. The van der Waals surface area contributed by atoms with Crippen molar-refractivity contribution >= 4 is 60.2 Å². The second-order valence-corrected chi connectivity index (χ2v) is 13.5. The molecule has 2 fully saturated rings. The van der Waals surface area contributed by atoms with Gasteiger partial charge in [-0.2, -0.15) is 13.2 Å². The molecule has 10 nitrogen and oxygen atoms in total. The Kier molecular flexibility index (Phi) is 5.85. The van der Waals surface area contributed by atoms with E-state index in [0.29, 0.717) is 12.1 Å². The summed E-state index contributed by atoms with van der Waals surface area (Å²) in [4.78, 5) is 32.0. The number of hydrogen-bond donors (Lipinski definition) is 1. The number of sulfone groups is 1. The summed E-state index contributed by atoms with van der Waals surface area (Å²) in [5.41, 5.74) is -7.03. The van der Waals surface area contributed by atoms with E-state index in [1.54, 1.807) is 18.4 Å². The van der Waals surface area contributed by atoms with Crippen LogP contribution in [-0.2, 0) is 24.7 Å². The maximum Gasteiger partial charge on any atom is 0.501 e. The summed E-state index contributed by atoms with van der Waals surface area (Å²) in [6.45, 7) is 1.72. The highest BCUT2D eigenvalue weighted by Gasteiger charge is 2.71. The Bertz CT molecular complexity index is 1660. The first-order valence-corrected chi connectivity index (χ1v) is 14.7. The summed E-state index contributed by atoms with van der Waals surface area (Å²) in [6.07, 6.45) is 2.75. The molecule has 1 aliphatic heterocycles. The number of carbonyl (C=O) groups is 2. The van der Waals surface area contributed by atoms with Crippen LogP contribution in [-0.4, -0.2) is 44.8 Å². The molecule has 1 saturated carbocycles. The standard InChI is InChI=1S/C22H17F3N4O6S3/c1-13-11-21(13)19(30)28(14-4-6-15(7-5-14)37(32,33)22(23,24)25)20(31)29(21)17-8-9-26-12-16(17)27-38(34,35)18-3-2-10-36-18/h2-10,12-13,27H,11H2,1H3. The number of sulfonamides is 1. The van der Waals surface area contributed by atoms with E-state index >= 15 is 0 Å². The van der Waals surface area contributed by atoms with E-state index in [-0.39, 0.29) is 33.6 Å². The molecule has 3 heterocycles.